The van der Waals surface area contributed by atoms with Crippen molar-refractivity contribution in [2.24, 2.45) is 5.10 Å². The average Bonchev–Trinajstić information content (AvgIpc) is 2.61. The van der Waals surface area contributed by atoms with Gasteiger partial charge >= 0.3 is 0 Å². The van der Waals surface area contributed by atoms with Crippen LogP contribution in [0, 0.1) is 7.14 Å². The highest BCUT2D eigenvalue weighted by Gasteiger charge is 2.27. The molecule has 0 saturated heterocycles. The van der Waals surface area contributed by atoms with Crippen molar-refractivity contribution >= 4 is 57.3 Å². The van der Waals surface area contributed by atoms with Gasteiger partial charge in [0, 0.05) is 9.13 Å². The van der Waals surface area contributed by atoms with E-state index in [1.54, 1.807) is 25.5 Å². The summed E-state index contributed by atoms with van der Waals surface area (Å²) in [6.07, 6.45) is 0.809. The summed E-state index contributed by atoms with van der Waals surface area (Å²) in [5.41, 5.74) is 3.27. The third kappa shape index (κ3) is 4.35. The van der Waals surface area contributed by atoms with Crippen molar-refractivity contribution in [2.75, 3.05) is 13.7 Å². The number of methoxy groups -OCH3 is 1. The number of hydrogen-bond acceptors (Lipinski definition) is 5. The lowest BCUT2D eigenvalue weighted by atomic mass is 10.2. The van der Waals surface area contributed by atoms with Crippen molar-refractivity contribution in [2.45, 2.75) is 6.10 Å². The Kier molecular flexibility index (Phi) is 5.99. The largest absolute Gasteiger partial charge is 0.495 e. The lowest BCUT2D eigenvalue weighted by molar-refractivity contribution is -0.130. The van der Waals surface area contributed by atoms with Gasteiger partial charge in [-0.1, -0.05) is 12.1 Å². The molecule has 0 fully saturated rings. The van der Waals surface area contributed by atoms with Crippen LogP contribution in [0.2, 0.25) is 0 Å². The summed E-state index contributed by atoms with van der Waals surface area (Å²) in [5.74, 6) is 1.52. The number of rotatable bonds is 4. The molecule has 0 unspecified atom stereocenters. The number of carbonyl (C=O) groups is 1. The molecule has 8 heteroatoms. The fraction of sp³-hybridized carbons (Fsp3) is 0.176. The van der Waals surface area contributed by atoms with Gasteiger partial charge in [-0.15, -0.1) is 0 Å². The summed E-state index contributed by atoms with van der Waals surface area (Å²) in [7, 11) is 1.60. The molecule has 0 aliphatic carbocycles. The SMILES string of the molecule is COc1c(I)cc(I)cc1C=NNC(=O)[C@H]1COc2ccccc2O1. The third-order valence-corrected chi connectivity index (χ3v) is 4.84. The van der Waals surface area contributed by atoms with Gasteiger partial charge in [0.2, 0.25) is 6.10 Å². The first-order valence-corrected chi connectivity index (χ1v) is 9.48. The first-order chi connectivity index (χ1) is 12.1. The first-order valence-electron chi connectivity index (χ1n) is 7.33. The molecule has 0 radical (unpaired) electrons. The lowest BCUT2D eigenvalue weighted by Gasteiger charge is -2.24. The Bertz CT molecular complexity index is 826. The average molecular weight is 564 g/mol. The number of hydrazone groups is 1. The summed E-state index contributed by atoms with van der Waals surface area (Å²) in [6.45, 7) is 0.142. The number of amides is 1. The van der Waals surface area contributed by atoms with Crippen LogP contribution >= 0.6 is 45.2 Å². The van der Waals surface area contributed by atoms with E-state index in [1.807, 2.05) is 24.3 Å². The van der Waals surface area contributed by atoms with E-state index in [1.165, 1.54) is 0 Å². The second kappa shape index (κ2) is 8.21. The molecule has 130 valence electrons. The molecule has 1 aliphatic rings. The molecule has 3 rings (SSSR count). The molecule has 0 spiro atoms. The monoisotopic (exact) mass is 564 g/mol. The van der Waals surface area contributed by atoms with E-state index < -0.39 is 6.10 Å². The van der Waals surface area contributed by atoms with Crippen LogP contribution in [0.4, 0.5) is 0 Å². The Labute approximate surface area is 172 Å². The molecule has 25 heavy (non-hydrogen) atoms. The van der Waals surface area contributed by atoms with Crippen LogP contribution < -0.4 is 19.6 Å². The van der Waals surface area contributed by atoms with Crippen molar-refractivity contribution in [1.29, 1.82) is 0 Å². The Morgan fingerprint density at radius 3 is 2.84 bits per heavy atom. The quantitative estimate of drug-likeness (QED) is 0.352. The molecule has 0 bridgehead atoms. The maximum atomic E-state index is 12.2. The van der Waals surface area contributed by atoms with Gasteiger partial charge in [-0.2, -0.15) is 5.10 Å². The van der Waals surface area contributed by atoms with Gasteiger partial charge in [-0.25, -0.2) is 5.43 Å². The van der Waals surface area contributed by atoms with Gasteiger partial charge in [0.25, 0.3) is 5.91 Å². The Morgan fingerprint density at radius 1 is 1.32 bits per heavy atom. The zero-order valence-corrected chi connectivity index (χ0v) is 17.5. The van der Waals surface area contributed by atoms with Crippen molar-refractivity contribution in [3.63, 3.8) is 0 Å². The number of halogens is 2. The molecule has 1 N–H and O–H groups in total. The van der Waals surface area contributed by atoms with Crippen LogP contribution in [-0.4, -0.2) is 31.9 Å². The fourth-order valence-electron chi connectivity index (χ4n) is 2.28. The van der Waals surface area contributed by atoms with Crippen LogP contribution in [0.25, 0.3) is 0 Å². The molecular formula is C17H14I2N2O4. The second-order valence-corrected chi connectivity index (χ2v) is 7.52. The highest BCUT2D eigenvalue weighted by molar-refractivity contribution is 14.1. The molecule has 2 aromatic rings. The van der Waals surface area contributed by atoms with Crippen LogP contribution in [0.3, 0.4) is 0 Å². The number of nitrogens with zero attached hydrogens (tertiary/aromatic N) is 1. The van der Waals surface area contributed by atoms with E-state index >= 15 is 0 Å². The molecular weight excluding hydrogens is 550 g/mol. The maximum Gasteiger partial charge on any atom is 0.284 e. The first kappa shape index (κ1) is 18.2. The smallest absolute Gasteiger partial charge is 0.284 e. The molecule has 0 aromatic heterocycles. The molecule has 0 saturated carbocycles. The van der Waals surface area contributed by atoms with Crippen molar-refractivity contribution in [3.8, 4) is 17.2 Å². The van der Waals surface area contributed by atoms with Gasteiger partial charge < -0.3 is 14.2 Å². The number of fused-ring (bicyclic) bond motifs is 1. The van der Waals surface area contributed by atoms with Crippen LogP contribution in [0.5, 0.6) is 17.2 Å². The topological polar surface area (TPSA) is 69.2 Å². The Hall–Kier alpha value is -1.56. The molecule has 1 amide bonds. The number of carbonyl (C=O) groups excluding carboxylic acids is 1. The van der Waals surface area contributed by atoms with Gasteiger partial charge in [0.05, 0.1) is 16.9 Å². The van der Waals surface area contributed by atoms with E-state index in [4.69, 9.17) is 14.2 Å². The van der Waals surface area contributed by atoms with E-state index in [9.17, 15) is 4.79 Å². The van der Waals surface area contributed by atoms with Crippen molar-refractivity contribution in [3.05, 3.63) is 49.1 Å². The van der Waals surface area contributed by atoms with E-state index in [0.717, 1.165) is 12.7 Å². The van der Waals surface area contributed by atoms with Gasteiger partial charge in [-0.05, 0) is 69.4 Å². The predicted octanol–water partition coefficient (Wildman–Crippen LogP) is 3.19. The molecule has 1 heterocycles. The van der Waals surface area contributed by atoms with Crippen LogP contribution in [0.1, 0.15) is 5.56 Å². The van der Waals surface area contributed by atoms with Gasteiger partial charge in [0.1, 0.15) is 12.4 Å². The van der Waals surface area contributed by atoms with Gasteiger partial charge in [-0.3, -0.25) is 4.79 Å². The zero-order chi connectivity index (χ0) is 17.8. The highest BCUT2D eigenvalue weighted by Crippen LogP contribution is 2.31. The molecule has 6 nitrogen and oxygen atoms in total. The number of ether oxygens (including phenoxy) is 3. The molecule has 1 aliphatic heterocycles. The maximum absolute atomic E-state index is 12.2. The normalized spacial score (nSPS) is 15.9. The van der Waals surface area contributed by atoms with Gasteiger partial charge in [0.15, 0.2) is 11.5 Å². The van der Waals surface area contributed by atoms with E-state index in [2.05, 4.69) is 55.7 Å². The summed E-state index contributed by atoms with van der Waals surface area (Å²) < 4.78 is 18.6. The Balaban J connectivity index is 1.66. The Morgan fingerprint density at radius 2 is 2.08 bits per heavy atom. The lowest BCUT2D eigenvalue weighted by Crippen LogP contribution is -2.42. The highest BCUT2D eigenvalue weighted by atomic mass is 127. The van der Waals surface area contributed by atoms with Crippen LogP contribution in [-0.2, 0) is 4.79 Å². The molecule has 1 atom stereocenters. The summed E-state index contributed by atoms with van der Waals surface area (Å²) in [4.78, 5) is 12.2. The number of hydrogen-bond donors (Lipinski definition) is 1. The minimum atomic E-state index is -0.745. The van der Waals surface area contributed by atoms with Crippen molar-refractivity contribution < 1.29 is 19.0 Å². The number of benzene rings is 2. The standard InChI is InChI=1S/C17H14I2N2O4/c1-23-16-10(6-11(18)7-12(16)19)8-20-21-17(22)15-9-24-13-4-2-3-5-14(13)25-15/h2-8,15H,9H2,1H3,(H,21,22)/t15-/m1/s1. The summed E-state index contributed by atoms with van der Waals surface area (Å²) in [6, 6.07) is 11.2. The van der Waals surface area contributed by atoms with Crippen molar-refractivity contribution in [1.82, 2.24) is 5.43 Å². The minimum Gasteiger partial charge on any atom is -0.495 e. The molecule has 2 aromatic carbocycles. The fourth-order valence-corrected chi connectivity index (χ4v) is 4.39. The second-order valence-electron chi connectivity index (χ2n) is 5.11. The van der Waals surface area contributed by atoms with Crippen LogP contribution in [0.15, 0.2) is 41.5 Å². The number of para-hydroxylation sites is 2. The third-order valence-electron chi connectivity index (χ3n) is 3.42. The number of nitrogens with one attached hydrogen (secondary N) is 1. The van der Waals surface area contributed by atoms with E-state index in [0.29, 0.717) is 17.2 Å². The summed E-state index contributed by atoms with van der Waals surface area (Å²) in [5, 5.41) is 4.02. The summed E-state index contributed by atoms with van der Waals surface area (Å²) >= 11 is 4.42. The van der Waals surface area contributed by atoms with E-state index in [-0.39, 0.29) is 12.5 Å². The predicted molar refractivity (Wildman–Crippen MR) is 111 cm³/mol. The minimum absolute atomic E-state index is 0.142. The zero-order valence-electron chi connectivity index (χ0n) is 13.2.